The Bertz CT molecular complexity index is 468. The summed E-state index contributed by atoms with van der Waals surface area (Å²) in [5.41, 5.74) is 0.0946. The summed E-state index contributed by atoms with van der Waals surface area (Å²) in [6.07, 6.45) is 2.28. The highest BCUT2D eigenvalue weighted by Gasteiger charge is 2.21. The van der Waals surface area contributed by atoms with E-state index in [0.717, 1.165) is 51.7 Å². The minimum atomic E-state index is 0.0946. The van der Waals surface area contributed by atoms with Crippen molar-refractivity contribution in [2.75, 3.05) is 40.0 Å². The normalized spacial score (nSPS) is 19.1. The zero-order chi connectivity index (χ0) is 16.5. The van der Waals surface area contributed by atoms with Gasteiger partial charge in [-0.15, -0.1) is 11.3 Å². The molecule has 130 valence electrons. The van der Waals surface area contributed by atoms with Crippen molar-refractivity contribution in [3.63, 3.8) is 0 Å². The Kier molecular flexibility index (Phi) is 7.33. The second-order valence-electron chi connectivity index (χ2n) is 6.42. The lowest BCUT2D eigenvalue weighted by Crippen LogP contribution is -2.43. The second kappa shape index (κ2) is 9.25. The molecule has 23 heavy (non-hydrogen) atoms. The molecule has 1 aliphatic rings. The molecule has 0 saturated carbocycles. The Morgan fingerprint density at radius 2 is 2.35 bits per heavy atom. The van der Waals surface area contributed by atoms with Crippen LogP contribution >= 0.6 is 11.3 Å². The van der Waals surface area contributed by atoms with Gasteiger partial charge >= 0.3 is 0 Å². The highest BCUT2D eigenvalue weighted by atomic mass is 32.1. The number of hydrogen-bond donors (Lipinski definition) is 2. The van der Waals surface area contributed by atoms with E-state index in [9.17, 15) is 0 Å². The van der Waals surface area contributed by atoms with Crippen molar-refractivity contribution >= 4 is 17.3 Å². The van der Waals surface area contributed by atoms with E-state index in [1.807, 2.05) is 0 Å². The molecule has 2 heterocycles. The molecular weight excluding hydrogens is 310 g/mol. The van der Waals surface area contributed by atoms with Crippen LogP contribution in [-0.2, 0) is 14.9 Å². The summed E-state index contributed by atoms with van der Waals surface area (Å²) < 4.78 is 11.1. The van der Waals surface area contributed by atoms with Gasteiger partial charge in [-0.2, -0.15) is 0 Å². The Balaban J connectivity index is 1.61. The number of nitrogens with zero attached hydrogens (tertiary/aromatic N) is 1. The first-order chi connectivity index (χ1) is 11.1. The van der Waals surface area contributed by atoms with E-state index in [2.05, 4.69) is 47.0 Å². The van der Waals surface area contributed by atoms with Crippen LogP contribution in [0, 0.1) is 0 Å². The van der Waals surface area contributed by atoms with E-state index in [1.54, 1.807) is 18.4 Å². The topological polar surface area (TPSA) is 54.9 Å². The van der Waals surface area contributed by atoms with Crippen LogP contribution in [0.1, 0.15) is 31.6 Å². The summed E-state index contributed by atoms with van der Waals surface area (Å²) in [6.45, 7) is 8.54. The van der Waals surface area contributed by atoms with E-state index in [-0.39, 0.29) is 5.41 Å². The van der Waals surface area contributed by atoms with E-state index >= 15 is 0 Å². The predicted octanol–water partition coefficient (Wildman–Crippen LogP) is 2.39. The molecule has 1 aliphatic heterocycles. The molecule has 5 nitrogen and oxygen atoms in total. The monoisotopic (exact) mass is 339 g/mol. The minimum Gasteiger partial charge on any atom is -0.379 e. The molecule has 0 aliphatic carbocycles. The number of aliphatic imine (C=N–C) groups is 1. The van der Waals surface area contributed by atoms with Gasteiger partial charge in [-0.1, -0.05) is 19.9 Å². The van der Waals surface area contributed by atoms with E-state index < -0.39 is 0 Å². The quantitative estimate of drug-likeness (QED) is 0.434. The van der Waals surface area contributed by atoms with Crippen molar-refractivity contribution in [1.82, 2.24) is 10.6 Å². The lowest BCUT2D eigenvalue weighted by atomic mass is 9.91. The Hall–Kier alpha value is -1.11. The standard InChI is InChI=1S/C17H29N3O2S/c1-17(2,15-6-4-11-23-15)13-20-16(18-3)19-8-5-9-22-14-7-10-21-12-14/h4,6,11,14H,5,7-10,12-13H2,1-3H3,(H2,18,19,20). The third kappa shape index (κ3) is 6.12. The maximum absolute atomic E-state index is 5.76. The first kappa shape index (κ1) is 18.2. The molecule has 0 spiro atoms. The third-order valence-electron chi connectivity index (χ3n) is 3.96. The van der Waals surface area contributed by atoms with Crippen LogP contribution in [0.15, 0.2) is 22.5 Å². The van der Waals surface area contributed by atoms with Gasteiger partial charge in [0, 0.05) is 43.6 Å². The molecule has 1 atom stereocenters. The molecule has 0 amide bonds. The molecule has 2 rings (SSSR count). The van der Waals surface area contributed by atoms with Gasteiger partial charge in [-0.25, -0.2) is 0 Å². The van der Waals surface area contributed by atoms with Crippen LogP contribution < -0.4 is 10.6 Å². The average Bonchev–Trinajstić information content (AvgIpc) is 3.23. The Labute approximate surface area is 143 Å². The molecular formula is C17H29N3O2S. The minimum absolute atomic E-state index is 0.0946. The smallest absolute Gasteiger partial charge is 0.191 e. The van der Waals surface area contributed by atoms with Crippen molar-refractivity contribution < 1.29 is 9.47 Å². The fourth-order valence-corrected chi connectivity index (χ4v) is 3.30. The van der Waals surface area contributed by atoms with Crippen LogP contribution in [0.4, 0.5) is 0 Å². The van der Waals surface area contributed by atoms with Gasteiger partial charge in [-0.3, -0.25) is 4.99 Å². The zero-order valence-electron chi connectivity index (χ0n) is 14.4. The molecule has 1 aromatic heterocycles. The van der Waals surface area contributed by atoms with Crippen LogP contribution in [-0.4, -0.2) is 52.0 Å². The summed E-state index contributed by atoms with van der Waals surface area (Å²) in [5.74, 6) is 0.846. The Morgan fingerprint density at radius 3 is 3.00 bits per heavy atom. The first-order valence-electron chi connectivity index (χ1n) is 8.29. The zero-order valence-corrected chi connectivity index (χ0v) is 15.2. The fraction of sp³-hybridized carbons (Fsp3) is 0.706. The van der Waals surface area contributed by atoms with Crippen LogP contribution in [0.2, 0.25) is 0 Å². The number of ether oxygens (including phenoxy) is 2. The summed E-state index contributed by atoms with van der Waals surface area (Å²) in [7, 11) is 1.81. The summed E-state index contributed by atoms with van der Waals surface area (Å²) in [4.78, 5) is 5.67. The predicted molar refractivity (Wildman–Crippen MR) is 96.5 cm³/mol. The van der Waals surface area contributed by atoms with Gasteiger partial charge in [0.2, 0.25) is 0 Å². The van der Waals surface area contributed by atoms with Gasteiger partial charge in [0.05, 0.1) is 12.7 Å². The van der Waals surface area contributed by atoms with Crippen LogP contribution in [0.3, 0.4) is 0 Å². The largest absolute Gasteiger partial charge is 0.379 e. The summed E-state index contributed by atoms with van der Waals surface area (Å²) in [6, 6.07) is 4.29. The molecule has 1 saturated heterocycles. The molecule has 0 bridgehead atoms. The highest BCUT2D eigenvalue weighted by molar-refractivity contribution is 7.10. The molecule has 1 aromatic rings. The van der Waals surface area contributed by atoms with Gasteiger partial charge in [-0.05, 0) is 24.3 Å². The van der Waals surface area contributed by atoms with Gasteiger partial charge in [0.15, 0.2) is 5.96 Å². The van der Waals surface area contributed by atoms with Crippen LogP contribution in [0.25, 0.3) is 0 Å². The van der Waals surface area contributed by atoms with E-state index in [4.69, 9.17) is 9.47 Å². The lowest BCUT2D eigenvalue weighted by molar-refractivity contribution is 0.0420. The molecule has 2 N–H and O–H groups in total. The first-order valence-corrected chi connectivity index (χ1v) is 9.17. The maximum atomic E-state index is 5.76. The number of thiophene rings is 1. The summed E-state index contributed by atoms with van der Waals surface area (Å²) >= 11 is 1.80. The number of nitrogens with one attached hydrogen (secondary N) is 2. The van der Waals surface area contributed by atoms with Crippen molar-refractivity contribution in [2.24, 2.45) is 4.99 Å². The highest BCUT2D eigenvalue weighted by Crippen LogP contribution is 2.26. The fourth-order valence-electron chi connectivity index (χ4n) is 2.45. The van der Waals surface area contributed by atoms with Gasteiger partial charge in [0.25, 0.3) is 0 Å². The van der Waals surface area contributed by atoms with E-state index in [0.29, 0.717) is 6.10 Å². The van der Waals surface area contributed by atoms with Crippen molar-refractivity contribution in [1.29, 1.82) is 0 Å². The SMILES string of the molecule is CN=C(NCCCOC1CCOC1)NCC(C)(C)c1cccs1. The number of rotatable bonds is 8. The molecule has 1 unspecified atom stereocenters. The lowest BCUT2D eigenvalue weighted by Gasteiger charge is -2.25. The molecule has 0 radical (unpaired) electrons. The maximum Gasteiger partial charge on any atom is 0.191 e. The van der Waals surface area contributed by atoms with Crippen molar-refractivity contribution in [2.45, 2.75) is 38.2 Å². The second-order valence-corrected chi connectivity index (χ2v) is 7.37. The molecule has 1 fully saturated rings. The Morgan fingerprint density at radius 1 is 1.48 bits per heavy atom. The average molecular weight is 340 g/mol. The third-order valence-corrected chi connectivity index (χ3v) is 5.20. The number of guanidine groups is 1. The van der Waals surface area contributed by atoms with Gasteiger partial charge in [0.1, 0.15) is 0 Å². The van der Waals surface area contributed by atoms with Gasteiger partial charge < -0.3 is 20.1 Å². The van der Waals surface area contributed by atoms with Crippen LogP contribution in [0.5, 0.6) is 0 Å². The summed E-state index contributed by atoms with van der Waals surface area (Å²) in [5, 5.41) is 8.88. The van der Waals surface area contributed by atoms with Crippen molar-refractivity contribution in [3.8, 4) is 0 Å². The van der Waals surface area contributed by atoms with Crippen molar-refractivity contribution in [3.05, 3.63) is 22.4 Å². The van der Waals surface area contributed by atoms with E-state index in [1.165, 1.54) is 4.88 Å². The number of hydrogen-bond acceptors (Lipinski definition) is 4. The molecule has 6 heteroatoms. The molecule has 0 aromatic carbocycles.